The van der Waals surface area contributed by atoms with Crippen molar-refractivity contribution in [3.8, 4) is 0 Å². The fourth-order valence-electron chi connectivity index (χ4n) is 2.73. The molecular weight excluding hydrogens is 304 g/mol. The van der Waals surface area contributed by atoms with Crippen molar-refractivity contribution < 1.29 is 9.59 Å². The van der Waals surface area contributed by atoms with Crippen LogP contribution < -0.4 is 0 Å². The van der Waals surface area contributed by atoms with E-state index in [4.69, 9.17) is 0 Å². The molecule has 0 spiro atoms. The lowest BCUT2D eigenvalue weighted by Gasteiger charge is -2.11. The largest absolute Gasteiger partial charge is 0.299 e. The summed E-state index contributed by atoms with van der Waals surface area (Å²) >= 11 is 1.66. The Morgan fingerprint density at radius 2 is 1.83 bits per heavy atom. The smallest absolute Gasteiger partial charge is 0.170 e. The number of rotatable bonds is 7. The zero-order valence-electron chi connectivity index (χ0n) is 13.2. The van der Waals surface area contributed by atoms with Crippen LogP contribution in [0.25, 0.3) is 0 Å². The highest BCUT2D eigenvalue weighted by atomic mass is 32.2. The molecule has 0 heterocycles. The average molecular weight is 324 g/mol. The van der Waals surface area contributed by atoms with Crippen LogP contribution in [0.4, 0.5) is 0 Å². The predicted molar refractivity (Wildman–Crippen MR) is 94.1 cm³/mol. The van der Waals surface area contributed by atoms with Gasteiger partial charge in [-0.3, -0.25) is 9.59 Å². The summed E-state index contributed by atoms with van der Waals surface area (Å²) in [7, 11) is 0. The highest BCUT2D eigenvalue weighted by Gasteiger charge is 2.31. The SMILES string of the molecule is CSc1ccc(C(=O)CC(=O)C2CC2)c(Cc2ccccc2)c1. The number of hydrogen-bond acceptors (Lipinski definition) is 3. The number of hydrogen-bond donors (Lipinski definition) is 0. The Morgan fingerprint density at radius 3 is 2.48 bits per heavy atom. The van der Waals surface area contributed by atoms with E-state index in [9.17, 15) is 9.59 Å². The molecule has 0 radical (unpaired) electrons. The second-order valence-corrected chi connectivity index (χ2v) is 6.91. The molecule has 0 saturated heterocycles. The molecule has 0 aromatic heterocycles. The number of carbonyl (C=O) groups excluding carboxylic acids is 2. The number of carbonyl (C=O) groups is 2. The fourth-order valence-corrected chi connectivity index (χ4v) is 3.20. The second kappa shape index (κ2) is 7.14. The quantitative estimate of drug-likeness (QED) is 0.426. The molecule has 1 fully saturated rings. The Balaban J connectivity index is 1.85. The highest BCUT2D eigenvalue weighted by Crippen LogP contribution is 2.32. The molecule has 118 valence electrons. The standard InChI is InChI=1S/C20H20O2S/c1-23-17-9-10-18(20(22)13-19(21)15-7-8-15)16(12-17)11-14-5-3-2-4-6-14/h2-6,9-10,12,15H,7-8,11,13H2,1H3. The molecule has 3 rings (SSSR count). The van der Waals surface area contributed by atoms with Crippen molar-refractivity contribution in [1.29, 1.82) is 0 Å². The summed E-state index contributed by atoms with van der Waals surface area (Å²) in [6.45, 7) is 0. The van der Waals surface area contributed by atoms with E-state index in [0.29, 0.717) is 12.0 Å². The van der Waals surface area contributed by atoms with Gasteiger partial charge in [-0.15, -0.1) is 11.8 Å². The zero-order chi connectivity index (χ0) is 16.2. The maximum Gasteiger partial charge on any atom is 0.170 e. The molecule has 2 aromatic rings. The van der Waals surface area contributed by atoms with Crippen molar-refractivity contribution in [1.82, 2.24) is 0 Å². The van der Waals surface area contributed by atoms with Crippen LogP contribution in [0.1, 0.15) is 40.7 Å². The topological polar surface area (TPSA) is 34.1 Å². The summed E-state index contributed by atoms with van der Waals surface area (Å²) in [5.74, 6) is 0.206. The summed E-state index contributed by atoms with van der Waals surface area (Å²) in [5, 5.41) is 0. The van der Waals surface area contributed by atoms with Crippen LogP contribution in [0.3, 0.4) is 0 Å². The van der Waals surface area contributed by atoms with E-state index in [1.54, 1.807) is 11.8 Å². The fraction of sp³-hybridized carbons (Fsp3) is 0.300. The Morgan fingerprint density at radius 1 is 1.09 bits per heavy atom. The minimum absolute atomic E-state index is 0.0412. The Bertz CT molecular complexity index is 718. The van der Waals surface area contributed by atoms with Gasteiger partial charge in [0.15, 0.2) is 5.78 Å². The number of ketones is 2. The van der Waals surface area contributed by atoms with E-state index in [0.717, 1.165) is 23.3 Å². The van der Waals surface area contributed by atoms with Crippen LogP contribution in [0.5, 0.6) is 0 Å². The summed E-state index contributed by atoms with van der Waals surface area (Å²) in [5.41, 5.74) is 2.88. The monoisotopic (exact) mass is 324 g/mol. The van der Waals surface area contributed by atoms with E-state index in [2.05, 4.69) is 18.2 Å². The molecule has 1 aliphatic carbocycles. The molecule has 0 aliphatic heterocycles. The number of Topliss-reactive ketones (excluding diaryl/α,β-unsaturated/α-hetero) is 2. The Kier molecular flexibility index (Phi) is 4.97. The molecular formula is C20H20O2S. The molecule has 0 unspecified atom stereocenters. The van der Waals surface area contributed by atoms with Gasteiger partial charge in [-0.1, -0.05) is 30.3 Å². The van der Waals surface area contributed by atoms with Gasteiger partial charge in [-0.05, 0) is 54.8 Å². The van der Waals surface area contributed by atoms with Gasteiger partial charge in [-0.25, -0.2) is 0 Å². The maximum absolute atomic E-state index is 12.6. The second-order valence-electron chi connectivity index (χ2n) is 6.03. The van der Waals surface area contributed by atoms with Crippen molar-refractivity contribution in [2.24, 2.45) is 5.92 Å². The molecule has 3 heteroatoms. The van der Waals surface area contributed by atoms with Gasteiger partial charge in [0.05, 0.1) is 6.42 Å². The molecule has 0 bridgehead atoms. The van der Waals surface area contributed by atoms with Gasteiger partial charge in [0.25, 0.3) is 0 Å². The van der Waals surface area contributed by atoms with Crippen LogP contribution in [-0.2, 0) is 11.2 Å². The maximum atomic E-state index is 12.6. The van der Waals surface area contributed by atoms with Crippen molar-refractivity contribution in [3.05, 3.63) is 65.2 Å². The first-order chi connectivity index (χ1) is 11.2. The van der Waals surface area contributed by atoms with E-state index < -0.39 is 0 Å². The van der Waals surface area contributed by atoms with Crippen LogP contribution >= 0.6 is 11.8 Å². The summed E-state index contributed by atoms with van der Waals surface area (Å²) in [6.07, 6.45) is 4.70. The van der Waals surface area contributed by atoms with E-state index >= 15 is 0 Å². The number of thioether (sulfide) groups is 1. The zero-order valence-corrected chi connectivity index (χ0v) is 14.1. The third-order valence-electron chi connectivity index (χ3n) is 4.22. The summed E-state index contributed by atoms with van der Waals surface area (Å²) < 4.78 is 0. The van der Waals surface area contributed by atoms with E-state index in [1.165, 1.54) is 5.56 Å². The molecule has 0 N–H and O–H groups in total. The van der Waals surface area contributed by atoms with Crippen LogP contribution in [0, 0.1) is 5.92 Å². The molecule has 2 nitrogen and oxygen atoms in total. The molecule has 0 amide bonds. The lowest BCUT2D eigenvalue weighted by Crippen LogP contribution is -2.12. The first-order valence-corrected chi connectivity index (χ1v) is 9.16. The normalized spacial score (nSPS) is 13.8. The average Bonchev–Trinajstić information content (AvgIpc) is 3.40. The summed E-state index contributed by atoms with van der Waals surface area (Å²) in [4.78, 5) is 25.7. The van der Waals surface area contributed by atoms with Crippen molar-refractivity contribution in [2.75, 3.05) is 6.26 Å². The van der Waals surface area contributed by atoms with Gasteiger partial charge in [0.2, 0.25) is 0 Å². The first-order valence-electron chi connectivity index (χ1n) is 7.94. The van der Waals surface area contributed by atoms with Gasteiger partial charge in [0, 0.05) is 16.4 Å². The lowest BCUT2D eigenvalue weighted by atomic mass is 9.95. The van der Waals surface area contributed by atoms with Crippen LogP contribution in [0.15, 0.2) is 53.4 Å². The third-order valence-corrected chi connectivity index (χ3v) is 4.94. The van der Waals surface area contributed by atoms with Crippen molar-refractivity contribution >= 4 is 23.3 Å². The van der Waals surface area contributed by atoms with Crippen molar-refractivity contribution in [3.63, 3.8) is 0 Å². The van der Waals surface area contributed by atoms with Gasteiger partial charge in [-0.2, -0.15) is 0 Å². The van der Waals surface area contributed by atoms with Crippen molar-refractivity contribution in [2.45, 2.75) is 30.6 Å². The van der Waals surface area contributed by atoms with E-state index in [-0.39, 0.29) is 23.9 Å². The molecule has 2 aromatic carbocycles. The first kappa shape index (κ1) is 16.0. The van der Waals surface area contributed by atoms with Crippen LogP contribution in [-0.4, -0.2) is 17.8 Å². The number of benzene rings is 2. The van der Waals surface area contributed by atoms with E-state index in [1.807, 2.05) is 36.6 Å². The van der Waals surface area contributed by atoms with Gasteiger partial charge < -0.3 is 0 Å². The predicted octanol–water partition coefficient (Wildman–Crippen LogP) is 4.55. The van der Waals surface area contributed by atoms with Gasteiger partial charge >= 0.3 is 0 Å². The summed E-state index contributed by atoms with van der Waals surface area (Å²) in [6, 6.07) is 16.1. The van der Waals surface area contributed by atoms with Crippen LogP contribution in [0.2, 0.25) is 0 Å². The Labute approximate surface area is 141 Å². The minimum atomic E-state index is -0.0412. The lowest BCUT2D eigenvalue weighted by molar-refractivity contribution is -0.119. The third kappa shape index (κ3) is 4.11. The molecule has 1 aliphatic rings. The Hall–Kier alpha value is -1.87. The highest BCUT2D eigenvalue weighted by molar-refractivity contribution is 7.98. The molecule has 0 atom stereocenters. The molecule has 23 heavy (non-hydrogen) atoms. The minimum Gasteiger partial charge on any atom is -0.299 e. The van der Waals surface area contributed by atoms with Gasteiger partial charge in [0.1, 0.15) is 5.78 Å². The molecule has 1 saturated carbocycles.